The van der Waals surface area contributed by atoms with Crippen molar-refractivity contribution in [2.45, 2.75) is 51.0 Å². The first kappa shape index (κ1) is 24.1. The number of carbonyl (C=O) groups excluding carboxylic acids is 2. The third-order valence-electron chi connectivity index (χ3n) is 4.77. The number of methoxy groups -OCH3 is 1. The van der Waals surface area contributed by atoms with E-state index in [9.17, 15) is 9.59 Å². The second kappa shape index (κ2) is 11.3. The molecule has 3 unspecified atom stereocenters. The summed E-state index contributed by atoms with van der Waals surface area (Å²) in [6.45, 7) is 5.89. The molecule has 0 radical (unpaired) electrons. The largest absolute Gasteiger partial charge is 0.491 e. The zero-order valence-electron chi connectivity index (χ0n) is 17.9. The Morgan fingerprint density at radius 1 is 1.20 bits per heavy atom. The van der Waals surface area contributed by atoms with Gasteiger partial charge in [-0.3, -0.25) is 10.1 Å². The zero-order chi connectivity index (χ0) is 22.1. The van der Waals surface area contributed by atoms with Gasteiger partial charge in [0.15, 0.2) is 11.4 Å². The molecule has 7 heteroatoms. The number of esters is 1. The van der Waals surface area contributed by atoms with Gasteiger partial charge in [-0.15, -0.1) is 11.6 Å². The number of allylic oxidation sites excluding steroid dienone is 2. The third kappa shape index (κ3) is 5.72. The van der Waals surface area contributed by atoms with E-state index in [1.54, 1.807) is 25.2 Å². The smallest absolute Gasteiger partial charge is 0.327 e. The van der Waals surface area contributed by atoms with Gasteiger partial charge < -0.3 is 14.2 Å². The van der Waals surface area contributed by atoms with Crippen molar-refractivity contribution in [3.63, 3.8) is 0 Å². The van der Waals surface area contributed by atoms with E-state index in [-0.39, 0.29) is 30.8 Å². The summed E-state index contributed by atoms with van der Waals surface area (Å²) in [4.78, 5) is 25.6. The molecule has 2 rings (SSSR count). The van der Waals surface area contributed by atoms with Crippen LogP contribution in [0.25, 0.3) is 0 Å². The molecule has 0 aliphatic heterocycles. The molecule has 0 saturated carbocycles. The van der Waals surface area contributed by atoms with Crippen LogP contribution >= 0.6 is 11.6 Å². The van der Waals surface area contributed by atoms with E-state index in [4.69, 9.17) is 25.8 Å². The van der Waals surface area contributed by atoms with Crippen LogP contribution in [0.15, 0.2) is 48.6 Å². The fraction of sp³-hybridized carbons (Fsp3) is 0.478. The highest BCUT2D eigenvalue weighted by molar-refractivity contribution is 6.19. The average Bonchev–Trinajstić information content (AvgIpc) is 2.73. The fourth-order valence-corrected chi connectivity index (χ4v) is 3.54. The van der Waals surface area contributed by atoms with Crippen molar-refractivity contribution in [2.24, 2.45) is 0 Å². The molecule has 30 heavy (non-hydrogen) atoms. The van der Waals surface area contributed by atoms with E-state index in [2.05, 4.69) is 5.32 Å². The summed E-state index contributed by atoms with van der Waals surface area (Å²) in [6, 6.07) is 5.86. The second-order valence-electron chi connectivity index (χ2n) is 7.17. The topological polar surface area (TPSA) is 73.9 Å². The van der Waals surface area contributed by atoms with Crippen LogP contribution in [-0.2, 0) is 19.1 Å². The molecule has 164 valence electrons. The molecule has 0 aromatic heterocycles. The van der Waals surface area contributed by atoms with Crippen LogP contribution in [0.4, 0.5) is 0 Å². The van der Waals surface area contributed by atoms with Gasteiger partial charge in [0.05, 0.1) is 18.8 Å². The quantitative estimate of drug-likeness (QED) is 0.421. The molecule has 1 aromatic carbocycles. The Morgan fingerprint density at radius 3 is 2.47 bits per heavy atom. The van der Waals surface area contributed by atoms with Crippen LogP contribution in [0.2, 0.25) is 0 Å². The molecule has 0 saturated heterocycles. The summed E-state index contributed by atoms with van der Waals surface area (Å²) >= 11 is 5.80. The molecule has 0 amide bonds. The minimum atomic E-state index is -1.25. The minimum absolute atomic E-state index is 0.0456. The van der Waals surface area contributed by atoms with Crippen molar-refractivity contribution in [3.8, 4) is 5.75 Å². The SMILES string of the molecule is CCOC(=O)C(NC1C=CC=CC1(OC)C(=O)CCCl)c1ccc(OC(C)C)cc1. The number of nitrogens with one attached hydrogen (secondary N) is 1. The summed E-state index contributed by atoms with van der Waals surface area (Å²) in [5.41, 5.74) is -0.558. The Kier molecular flexibility index (Phi) is 9.08. The monoisotopic (exact) mass is 435 g/mol. The Morgan fingerprint density at radius 2 is 1.90 bits per heavy atom. The molecule has 1 aliphatic rings. The van der Waals surface area contributed by atoms with E-state index in [1.807, 2.05) is 44.2 Å². The van der Waals surface area contributed by atoms with Crippen LogP contribution in [0, 0.1) is 0 Å². The molecule has 3 atom stereocenters. The van der Waals surface area contributed by atoms with Crippen molar-refractivity contribution in [1.29, 1.82) is 0 Å². The maximum Gasteiger partial charge on any atom is 0.327 e. The first-order valence-corrected chi connectivity index (χ1v) is 10.6. The lowest BCUT2D eigenvalue weighted by molar-refractivity contribution is -0.148. The van der Waals surface area contributed by atoms with Crippen LogP contribution in [-0.4, -0.2) is 49.1 Å². The number of halogens is 1. The van der Waals surface area contributed by atoms with E-state index in [0.29, 0.717) is 11.3 Å². The van der Waals surface area contributed by atoms with Gasteiger partial charge >= 0.3 is 5.97 Å². The lowest BCUT2D eigenvalue weighted by Gasteiger charge is -2.38. The van der Waals surface area contributed by atoms with Gasteiger partial charge in [-0.1, -0.05) is 30.4 Å². The number of alkyl halides is 1. The number of rotatable bonds is 11. The predicted molar refractivity (Wildman–Crippen MR) is 117 cm³/mol. The molecule has 0 heterocycles. The molecule has 1 aliphatic carbocycles. The summed E-state index contributed by atoms with van der Waals surface area (Å²) in [5.74, 6) is 0.293. The molecule has 0 bridgehead atoms. The normalized spacial score (nSPS) is 21.5. The Bertz CT molecular complexity index is 774. The molecular weight excluding hydrogens is 406 g/mol. The van der Waals surface area contributed by atoms with Crippen molar-refractivity contribution >= 4 is 23.4 Å². The van der Waals surface area contributed by atoms with E-state index >= 15 is 0 Å². The van der Waals surface area contributed by atoms with Gasteiger partial charge in [0.25, 0.3) is 0 Å². The number of ether oxygens (including phenoxy) is 3. The maximum absolute atomic E-state index is 12.9. The summed E-state index contributed by atoms with van der Waals surface area (Å²) in [6.07, 6.45) is 7.26. The number of carbonyl (C=O) groups is 2. The van der Waals surface area contributed by atoms with Gasteiger partial charge in [0.1, 0.15) is 11.8 Å². The van der Waals surface area contributed by atoms with Crippen molar-refractivity contribution in [3.05, 3.63) is 54.1 Å². The molecule has 1 N–H and O–H groups in total. The fourth-order valence-electron chi connectivity index (χ4n) is 3.37. The number of hydrogen-bond acceptors (Lipinski definition) is 6. The van der Waals surface area contributed by atoms with Gasteiger partial charge in [-0.05, 0) is 44.5 Å². The van der Waals surface area contributed by atoms with Crippen LogP contribution in [0.3, 0.4) is 0 Å². The van der Waals surface area contributed by atoms with E-state index in [0.717, 1.165) is 0 Å². The lowest BCUT2D eigenvalue weighted by Crippen LogP contribution is -2.57. The highest BCUT2D eigenvalue weighted by atomic mass is 35.5. The van der Waals surface area contributed by atoms with Crippen molar-refractivity contribution < 1.29 is 23.8 Å². The maximum atomic E-state index is 12.9. The van der Waals surface area contributed by atoms with E-state index in [1.165, 1.54) is 7.11 Å². The van der Waals surface area contributed by atoms with Crippen LogP contribution in [0.5, 0.6) is 5.75 Å². The minimum Gasteiger partial charge on any atom is -0.491 e. The zero-order valence-corrected chi connectivity index (χ0v) is 18.6. The average molecular weight is 436 g/mol. The molecule has 0 spiro atoms. The Hall–Kier alpha value is -2.15. The standard InChI is InChI=1S/C23H30ClNO5/c1-5-29-22(27)21(17-9-11-18(12-10-17)30-16(2)3)25-19-8-6-7-14-23(19,28-4)20(26)13-15-24/h6-12,14,16,19,21,25H,5,13,15H2,1-4H3. The third-order valence-corrected chi connectivity index (χ3v) is 4.96. The summed E-state index contributed by atoms with van der Waals surface area (Å²) in [7, 11) is 1.47. The molecular formula is C23H30ClNO5. The number of hydrogen-bond donors (Lipinski definition) is 1. The lowest BCUT2D eigenvalue weighted by atomic mass is 9.83. The van der Waals surface area contributed by atoms with Crippen LogP contribution < -0.4 is 10.1 Å². The van der Waals surface area contributed by atoms with Gasteiger partial charge in [-0.2, -0.15) is 0 Å². The number of Topliss-reactive ketones (excluding diaryl/α,β-unsaturated/α-hetero) is 1. The molecule has 6 nitrogen and oxygen atoms in total. The number of ketones is 1. The first-order valence-electron chi connectivity index (χ1n) is 10.1. The first-order chi connectivity index (χ1) is 14.4. The van der Waals surface area contributed by atoms with Crippen molar-refractivity contribution in [1.82, 2.24) is 5.32 Å². The Balaban J connectivity index is 2.35. The van der Waals surface area contributed by atoms with E-state index < -0.39 is 23.7 Å². The predicted octanol–water partition coefficient (Wildman–Crippen LogP) is 3.75. The van der Waals surface area contributed by atoms with Gasteiger partial charge in [0, 0.05) is 19.4 Å². The molecule has 1 aromatic rings. The summed E-state index contributed by atoms with van der Waals surface area (Å²) < 4.78 is 16.6. The highest BCUT2D eigenvalue weighted by Crippen LogP contribution is 2.29. The van der Waals surface area contributed by atoms with Gasteiger partial charge in [-0.25, -0.2) is 4.79 Å². The second-order valence-corrected chi connectivity index (χ2v) is 7.55. The molecule has 0 fully saturated rings. The van der Waals surface area contributed by atoms with Crippen molar-refractivity contribution in [2.75, 3.05) is 19.6 Å². The van der Waals surface area contributed by atoms with Gasteiger partial charge in [0.2, 0.25) is 0 Å². The van der Waals surface area contributed by atoms with Crippen LogP contribution in [0.1, 0.15) is 38.8 Å². The summed E-state index contributed by atoms with van der Waals surface area (Å²) in [5, 5.41) is 3.26. The highest BCUT2D eigenvalue weighted by Gasteiger charge is 2.44. The number of benzene rings is 1. The Labute approximate surface area is 183 Å².